The van der Waals surface area contributed by atoms with E-state index in [0.29, 0.717) is 5.57 Å². The number of aliphatic carboxylic acids is 1. The minimum atomic E-state index is -0.809. The van der Waals surface area contributed by atoms with Crippen LogP contribution in [0.25, 0.3) is 5.57 Å². The van der Waals surface area contributed by atoms with Gasteiger partial charge < -0.3 is 5.11 Å². The zero-order valence-corrected chi connectivity index (χ0v) is 13.4. The van der Waals surface area contributed by atoms with E-state index < -0.39 is 5.97 Å². The van der Waals surface area contributed by atoms with E-state index >= 15 is 0 Å². The molecule has 0 unspecified atom stereocenters. The number of carbonyl (C=O) groups is 1. The van der Waals surface area contributed by atoms with Gasteiger partial charge in [-0.2, -0.15) is 0 Å². The van der Waals surface area contributed by atoms with Crippen molar-refractivity contribution in [2.75, 3.05) is 0 Å². The van der Waals surface area contributed by atoms with Crippen LogP contribution in [-0.4, -0.2) is 11.1 Å². The number of carboxylic acid groups (broad SMARTS) is 1. The molecule has 0 fully saturated rings. The number of carboxylic acids is 1. The van der Waals surface area contributed by atoms with E-state index in [-0.39, 0.29) is 0 Å². The minimum Gasteiger partial charge on any atom is -0.478 e. The Labute approximate surface area is 128 Å². The highest BCUT2D eigenvalue weighted by molar-refractivity contribution is 5.95. The SMILES string of the molecule is CCCCCCCCCC(=C(C)C(=O)O)c1ccccc1. The van der Waals surface area contributed by atoms with Gasteiger partial charge in [0.2, 0.25) is 0 Å². The molecular formula is C19H28O2. The quantitative estimate of drug-likeness (QED) is 0.444. The van der Waals surface area contributed by atoms with Crippen LogP contribution >= 0.6 is 0 Å². The van der Waals surface area contributed by atoms with Crippen LogP contribution in [0.5, 0.6) is 0 Å². The Balaban J connectivity index is 2.53. The van der Waals surface area contributed by atoms with Gasteiger partial charge in [-0.05, 0) is 30.9 Å². The summed E-state index contributed by atoms with van der Waals surface area (Å²) in [7, 11) is 0. The lowest BCUT2D eigenvalue weighted by molar-refractivity contribution is -0.132. The smallest absolute Gasteiger partial charge is 0.331 e. The molecule has 0 aliphatic heterocycles. The maximum atomic E-state index is 11.3. The van der Waals surface area contributed by atoms with Gasteiger partial charge in [-0.3, -0.25) is 0 Å². The first-order valence-electron chi connectivity index (χ1n) is 8.15. The first-order chi connectivity index (χ1) is 10.2. The molecule has 21 heavy (non-hydrogen) atoms. The van der Waals surface area contributed by atoms with Gasteiger partial charge in [0.15, 0.2) is 0 Å². The van der Waals surface area contributed by atoms with Gasteiger partial charge in [0.1, 0.15) is 0 Å². The number of hydrogen-bond acceptors (Lipinski definition) is 1. The second-order valence-electron chi connectivity index (χ2n) is 5.65. The lowest BCUT2D eigenvalue weighted by Gasteiger charge is -2.10. The number of benzene rings is 1. The van der Waals surface area contributed by atoms with E-state index in [9.17, 15) is 9.90 Å². The second-order valence-corrected chi connectivity index (χ2v) is 5.65. The van der Waals surface area contributed by atoms with Crippen LogP contribution in [0, 0.1) is 0 Å². The summed E-state index contributed by atoms with van der Waals surface area (Å²) < 4.78 is 0. The van der Waals surface area contributed by atoms with Crippen molar-refractivity contribution in [2.45, 2.75) is 65.2 Å². The van der Waals surface area contributed by atoms with Crippen molar-refractivity contribution < 1.29 is 9.90 Å². The summed E-state index contributed by atoms with van der Waals surface area (Å²) in [6, 6.07) is 9.90. The molecule has 116 valence electrons. The van der Waals surface area contributed by atoms with Gasteiger partial charge in [0, 0.05) is 5.57 Å². The predicted molar refractivity (Wildman–Crippen MR) is 89.3 cm³/mol. The van der Waals surface area contributed by atoms with Crippen LogP contribution in [0.1, 0.15) is 70.8 Å². The lowest BCUT2D eigenvalue weighted by Crippen LogP contribution is -2.01. The summed E-state index contributed by atoms with van der Waals surface area (Å²) in [5.41, 5.74) is 2.51. The Hall–Kier alpha value is -1.57. The fourth-order valence-corrected chi connectivity index (χ4v) is 2.58. The zero-order valence-electron chi connectivity index (χ0n) is 13.4. The molecule has 1 aromatic rings. The average Bonchev–Trinajstić information content (AvgIpc) is 2.50. The molecule has 2 heteroatoms. The molecule has 0 aliphatic carbocycles. The summed E-state index contributed by atoms with van der Waals surface area (Å²) >= 11 is 0. The number of hydrogen-bond donors (Lipinski definition) is 1. The normalized spacial score (nSPS) is 12.1. The van der Waals surface area contributed by atoms with Crippen LogP contribution < -0.4 is 0 Å². The van der Waals surface area contributed by atoms with Crippen LogP contribution in [0.3, 0.4) is 0 Å². The van der Waals surface area contributed by atoms with Gasteiger partial charge in [0.25, 0.3) is 0 Å². The number of rotatable bonds is 10. The summed E-state index contributed by atoms with van der Waals surface area (Å²) in [6.45, 7) is 3.94. The molecule has 0 radical (unpaired) electrons. The van der Waals surface area contributed by atoms with Gasteiger partial charge in [-0.1, -0.05) is 75.8 Å². The highest BCUT2D eigenvalue weighted by Gasteiger charge is 2.11. The number of unbranched alkanes of at least 4 members (excludes halogenated alkanes) is 6. The molecule has 0 saturated heterocycles. The zero-order chi connectivity index (χ0) is 15.5. The third-order valence-electron chi connectivity index (χ3n) is 3.93. The Morgan fingerprint density at radius 2 is 1.52 bits per heavy atom. The largest absolute Gasteiger partial charge is 0.478 e. The minimum absolute atomic E-state index is 0.479. The Kier molecular flexibility index (Phi) is 8.49. The summed E-state index contributed by atoms with van der Waals surface area (Å²) in [6.07, 6.45) is 9.60. The van der Waals surface area contributed by atoms with Crippen molar-refractivity contribution in [1.82, 2.24) is 0 Å². The molecular weight excluding hydrogens is 260 g/mol. The van der Waals surface area contributed by atoms with Crippen molar-refractivity contribution in [3.8, 4) is 0 Å². The van der Waals surface area contributed by atoms with Gasteiger partial charge in [0.05, 0.1) is 0 Å². The summed E-state index contributed by atoms with van der Waals surface area (Å²) in [5.74, 6) is -0.809. The number of allylic oxidation sites excluding steroid dienone is 1. The Bertz CT molecular complexity index is 446. The van der Waals surface area contributed by atoms with E-state index in [1.165, 1.54) is 38.5 Å². The first-order valence-corrected chi connectivity index (χ1v) is 8.15. The van der Waals surface area contributed by atoms with Crippen molar-refractivity contribution in [3.05, 3.63) is 41.5 Å². The molecule has 1 rings (SSSR count). The molecule has 0 aliphatic rings. The topological polar surface area (TPSA) is 37.3 Å². The molecule has 0 spiro atoms. The summed E-state index contributed by atoms with van der Waals surface area (Å²) in [5, 5.41) is 9.26. The van der Waals surface area contributed by atoms with E-state index in [2.05, 4.69) is 6.92 Å². The highest BCUT2D eigenvalue weighted by Crippen LogP contribution is 2.25. The van der Waals surface area contributed by atoms with Gasteiger partial charge in [-0.25, -0.2) is 4.79 Å². The van der Waals surface area contributed by atoms with Crippen LogP contribution in [0.15, 0.2) is 35.9 Å². The molecule has 0 heterocycles. The van der Waals surface area contributed by atoms with E-state index in [0.717, 1.165) is 24.0 Å². The fourth-order valence-electron chi connectivity index (χ4n) is 2.58. The molecule has 0 atom stereocenters. The average molecular weight is 288 g/mol. The van der Waals surface area contributed by atoms with Crippen molar-refractivity contribution >= 4 is 11.5 Å². The van der Waals surface area contributed by atoms with E-state index in [4.69, 9.17) is 0 Å². The van der Waals surface area contributed by atoms with Crippen molar-refractivity contribution in [3.63, 3.8) is 0 Å². The van der Waals surface area contributed by atoms with Crippen molar-refractivity contribution in [2.24, 2.45) is 0 Å². The Morgan fingerprint density at radius 3 is 2.10 bits per heavy atom. The molecule has 0 amide bonds. The van der Waals surface area contributed by atoms with Crippen LogP contribution in [0.2, 0.25) is 0 Å². The van der Waals surface area contributed by atoms with Crippen LogP contribution in [-0.2, 0) is 4.79 Å². The molecule has 2 nitrogen and oxygen atoms in total. The molecule has 0 aromatic heterocycles. The third kappa shape index (κ3) is 6.61. The fraction of sp³-hybridized carbons (Fsp3) is 0.526. The first kappa shape index (κ1) is 17.5. The summed E-state index contributed by atoms with van der Waals surface area (Å²) in [4.78, 5) is 11.3. The van der Waals surface area contributed by atoms with Gasteiger partial charge in [-0.15, -0.1) is 0 Å². The Morgan fingerprint density at radius 1 is 0.952 bits per heavy atom. The van der Waals surface area contributed by atoms with Crippen molar-refractivity contribution in [1.29, 1.82) is 0 Å². The standard InChI is InChI=1S/C19H28O2/c1-3-4-5-6-7-8-12-15-18(16(2)19(20)21)17-13-10-9-11-14-17/h9-11,13-14H,3-8,12,15H2,1-2H3,(H,20,21). The monoisotopic (exact) mass is 288 g/mol. The molecule has 0 bridgehead atoms. The maximum absolute atomic E-state index is 11.3. The third-order valence-corrected chi connectivity index (χ3v) is 3.93. The maximum Gasteiger partial charge on any atom is 0.331 e. The van der Waals surface area contributed by atoms with Crippen LogP contribution in [0.4, 0.5) is 0 Å². The second kappa shape index (κ2) is 10.2. The predicted octanol–water partition coefficient (Wildman–Crippen LogP) is 5.69. The van der Waals surface area contributed by atoms with E-state index in [1.807, 2.05) is 30.3 Å². The molecule has 0 saturated carbocycles. The van der Waals surface area contributed by atoms with E-state index in [1.54, 1.807) is 6.92 Å². The van der Waals surface area contributed by atoms with Gasteiger partial charge >= 0.3 is 5.97 Å². The highest BCUT2D eigenvalue weighted by atomic mass is 16.4. The lowest BCUT2D eigenvalue weighted by atomic mass is 9.95. The molecule has 1 N–H and O–H groups in total. The molecule has 1 aromatic carbocycles.